The van der Waals surface area contributed by atoms with E-state index < -0.39 is 12.1 Å². The molecule has 0 radical (unpaired) electrons. The average Bonchev–Trinajstić information content (AvgIpc) is 2.17. The number of alkyl halides is 3. The van der Waals surface area contributed by atoms with E-state index >= 15 is 0 Å². The minimum atomic E-state index is -4.07. The van der Waals surface area contributed by atoms with Crippen molar-refractivity contribution in [3.05, 3.63) is 0 Å². The molecule has 1 fully saturated rings. The van der Waals surface area contributed by atoms with Gasteiger partial charge >= 0.3 is 6.18 Å². The van der Waals surface area contributed by atoms with Gasteiger partial charge in [0.25, 0.3) is 0 Å². The van der Waals surface area contributed by atoms with Gasteiger partial charge in [-0.25, -0.2) is 0 Å². The molecule has 0 amide bonds. The number of likely N-dealkylation sites (tertiary alicyclic amines) is 1. The van der Waals surface area contributed by atoms with Gasteiger partial charge in [-0.2, -0.15) is 13.2 Å². The zero-order valence-corrected chi connectivity index (χ0v) is 8.72. The first-order valence-electron chi connectivity index (χ1n) is 5.06. The molecule has 0 spiro atoms. The number of hydrogen-bond acceptors (Lipinski definition) is 1. The Bertz CT molecular complexity index is 229. The number of piperidine rings is 1. The van der Waals surface area contributed by atoms with Crippen LogP contribution < -0.4 is 5.73 Å². The maximum Gasteiger partial charge on any atom is 0.391 e. The first kappa shape index (κ1) is 12.1. The zero-order chi connectivity index (χ0) is 11.5. The number of nitrogens with zero attached hydrogens (tertiary/aromatic N) is 2. The Balaban J connectivity index is 2.46. The summed E-state index contributed by atoms with van der Waals surface area (Å²) in [6, 6.07) is 0. The Hall–Kier alpha value is -0.940. The molecule has 1 saturated heterocycles. The van der Waals surface area contributed by atoms with E-state index in [0.29, 0.717) is 25.6 Å². The van der Waals surface area contributed by atoms with Crippen LogP contribution in [0.5, 0.6) is 0 Å². The van der Waals surface area contributed by atoms with Crippen molar-refractivity contribution in [2.45, 2.75) is 25.9 Å². The molecular formula is C9H16F3N3. The minimum Gasteiger partial charge on any atom is -0.370 e. The lowest BCUT2D eigenvalue weighted by atomic mass is 9.96. The molecule has 0 saturated carbocycles. The van der Waals surface area contributed by atoms with Crippen LogP contribution in [0, 0.1) is 5.92 Å². The largest absolute Gasteiger partial charge is 0.391 e. The topological polar surface area (TPSA) is 41.6 Å². The van der Waals surface area contributed by atoms with Gasteiger partial charge in [0.05, 0.1) is 5.92 Å². The molecule has 0 atom stereocenters. The fourth-order valence-electron chi connectivity index (χ4n) is 1.70. The molecule has 0 bridgehead atoms. The van der Waals surface area contributed by atoms with Gasteiger partial charge in [-0.15, -0.1) is 0 Å². The lowest BCUT2D eigenvalue weighted by molar-refractivity contribution is -0.183. The standard InChI is InChI=1S/C9H16F3N3/c1-2-14-8(13)15-5-3-7(4-6-15)9(10,11)12/h7H,2-6H2,1H3,(H2,13,14). The van der Waals surface area contributed by atoms with E-state index in [0.717, 1.165) is 0 Å². The lowest BCUT2D eigenvalue weighted by Gasteiger charge is -2.33. The Morgan fingerprint density at radius 1 is 1.40 bits per heavy atom. The van der Waals surface area contributed by atoms with E-state index in [1.807, 2.05) is 6.92 Å². The van der Waals surface area contributed by atoms with Crippen LogP contribution in [0.25, 0.3) is 0 Å². The highest BCUT2D eigenvalue weighted by Crippen LogP contribution is 2.33. The van der Waals surface area contributed by atoms with Crippen molar-refractivity contribution in [1.29, 1.82) is 0 Å². The first-order valence-corrected chi connectivity index (χ1v) is 5.06. The van der Waals surface area contributed by atoms with Gasteiger partial charge in [0.15, 0.2) is 5.96 Å². The Morgan fingerprint density at radius 2 is 1.93 bits per heavy atom. The third-order valence-corrected chi connectivity index (χ3v) is 2.60. The molecule has 1 aliphatic rings. The number of guanidine groups is 1. The highest BCUT2D eigenvalue weighted by atomic mass is 19.4. The van der Waals surface area contributed by atoms with Gasteiger partial charge in [-0.1, -0.05) is 0 Å². The van der Waals surface area contributed by atoms with E-state index in [2.05, 4.69) is 4.99 Å². The molecule has 0 aromatic rings. The summed E-state index contributed by atoms with van der Waals surface area (Å²) < 4.78 is 37.0. The number of hydrogen-bond donors (Lipinski definition) is 1. The van der Waals surface area contributed by atoms with Gasteiger partial charge in [0.2, 0.25) is 0 Å². The van der Waals surface area contributed by atoms with E-state index in [-0.39, 0.29) is 12.8 Å². The fourth-order valence-corrected chi connectivity index (χ4v) is 1.70. The van der Waals surface area contributed by atoms with Gasteiger partial charge < -0.3 is 10.6 Å². The van der Waals surface area contributed by atoms with Crippen LogP contribution in [0.1, 0.15) is 19.8 Å². The summed E-state index contributed by atoms with van der Waals surface area (Å²) in [7, 11) is 0. The molecule has 1 rings (SSSR count). The highest BCUT2D eigenvalue weighted by molar-refractivity contribution is 5.78. The molecule has 15 heavy (non-hydrogen) atoms. The van der Waals surface area contributed by atoms with Crippen molar-refractivity contribution in [3.63, 3.8) is 0 Å². The van der Waals surface area contributed by atoms with Crippen LogP contribution in [0.3, 0.4) is 0 Å². The van der Waals surface area contributed by atoms with Crippen LogP contribution in [-0.4, -0.2) is 36.7 Å². The summed E-state index contributed by atoms with van der Waals surface area (Å²) in [6.07, 6.45) is -3.84. The van der Waals surface area contributed by atoms with Crippen LogP contribution >= 0.6 is 0 Å². The van der Waals surface area contributed by atoms with Crippen molar-refractivity contribution in [1.82, 2.24) is 4.90 Å². The molecule has 3 nitrogen and oxygen atoms in total. The van der Waals surface area contributed by atoms with Gasteiger partial charge in [0, 0.05) is 19.6 Å². The second-order valence-electron chi connectivity index (χ2n) is 3.64. The summed E-state index contributed by atoms with van der Waals surface area (Å²) in [4.78, 5) is 5.69. The number of nitrogens with two attached hydrogens (primary N) is 1. The normalized spacial score (nSPS) is 20.8. The summed E-state index contributed by atoms with van der Waals surface area (Å²) in [6.45, 7) is 3.10. The zero-order valence-electron chi connectivity index (χ0n) is 8.72. The number of aliphatic imine (C=N–C) groups is 1. The SMILES string of the molecule is CCN=C(N)N1CCC(C(F)(F)F)CC1. The molecule has 1 aliphatic heterocycles. The van der Waals surface area contributed by atoms with Crippen LogP contribution in [0.2, 0.25) is 0 Å². The summed E-state index contributed by atoms with van der Waals surface area (Å²) in [5.41, 5.74) is 5.61. The quantitative estimate of drug-likeness (QED) is 0.542. The van der Waals surface area contributed by atoms with Gasteiger partial charge in [-0.3, -0.25) is 4.99 Å². The number of halogens is 3. The molecular weight excluding hydrogens is 207 g/mol. The second kappa shape index (κ2) is 4.72. The van der Waals surface area contributed by atoms with E-state index in [9.17, 15) is 13.2 Å². The third kappa shape index (κ3) is 3.28. The van der Waals surface area contributed by atoms with Crippen molar-refractivity contribution >= 4 is 5.96 Å². The molecule has 0 aromatic carbocycles. The maximum absolute atomic E-state index is 12.3. The Kier molecular flexibility index (Phi) is 3.82. The van der Waals surface area contributed by atoms with Crippen LogP contribution in [0.4, 0.5) is 13.2 Å². The second-order valence-corrected chi connectivity index (χ2v) is 3.64. The predicted octanol–water partition coefficient (Wildman–Crippen LogP) is 1.60. The lowest BCUT2D eigenvalue weighted by Crippen LogP contribution is -2.45. The first-order chi connectivity index (χ1) is 6.95. The Labute approximate surface area is 87.1 Å². The maximum atomic E-state index is 12.3. The van der Waals surface area contributed by atoms with Crippen molar-refractivity contribution in [2.24, 2.45) is 16.6 Å². The van der Waals surface area contributed by atoms with Crippen LogP contribution in [-0.2, 0) is 0 Å². The average molecular weight is 223 g/mol. The molecule has 88 valence electrons. The summed E-state index contributed by atoms with van der Waals surface area (Å²) in [5.74, 6) is -0.818. The van der Waals surface area contributed by atoms with Crippen LogP contribution in [0.15, 0.2) is 4.99 Å². The molecule has 0 aliphatic carbocycles. The molecule has 6 heteroatoms. The predicted molar refractivity (Wildman–Crippen MR) is 52.5 cm³/mol. The molecule has 0 aromatic heterocycles. The van der Waals surface area contributed by atoms with Crippen molar-refractivity contribution < 1.29 is 13.2 Å². The summed E-state index contributed by atoms with van der Waals surface area (Å²) >= 11 is 0. The van der Waals surface area contributed by atoms with Gasteiger partial charge in [0.1, 0.15) is 0 Å². The minimum absolute atomic E-state index is 0.115. The Morgan fingerprint density at radius 3 is 2.33 bits per heavy atom. The smallest absolute Gasteiger partial charge is 0.370 e. The number of rotatable bonds is 1. The van der Waals surface area contributed by atoms with Gasteiger partial charge in [-0.05, 0) is 19.8 Å². The van der Waals surface area contributed by atoms with E-state index in [1.54, 1.807) is 4.90 Å². The molecule has 1 heterocycles. The monoisotopic (exact) mass is 223 g/mol. The van der Waals surface area contributed by atoms with E-state index in [1.165, 1.54) is 0 Å². The molecule has 0 unspecified atom stereocenters. The fraction of sp³-hybridized carbons (Fsp3) is 0.889. The third-order valence-electron chi connectivity index (χ3n) is 2.60. The summed E-state index contributed by atoms with van der Waals surface area (Å²) in [5, 5.41) is 0. The van der Waals surface area contributed by atoms with Crippen molar-refractivity contribution in [2.75, 3.05) is 19.6 Å². The van der Waals surface area contributed by atoms with Crippen molar-refractivity contribution in [3.8, 4) is 0 Å². The highest BCUT2D eigenvalue weighted by Gasteiger charge is 2.41. The molecule has 2 N–H and O–H groups in total. The van der Waals surface area contributed by atoms with E-state index in [4.69, 9.17) is 5.73 Å².